The van der Waals surface area contributed by atoms with E-state index in [-0.39, 0.29) is 11.6 Å². The molecule has 2 unspecified atom stereocenters. The van der Waals surface area contributed by atoms with Crippen LogP contribution in [-0.2, 0) is 11.8 Å². The number of rotatable bonds is 8. The molecule has 0 saturated carbocycles. The number of thiophene rings is 1. The summed E-state index contributed by atoms with van der Waals surface area (Å²) in [7, 11) is 9.70. The van der Waals surface area contributed by atoms with Crippen LogP contribution >= 0.6 is 11.3 Å². The van der Waals surface area contributed by atoms with Gasteiger partial charge < -0.3 is 26.0 Å². The van der Waals surface area contributed by atoms with E-state index in [9.17, 15) is 0 Å². The SMILES string of the molecule is CNC1(CCN(C)C)C=C(OC)C(Nc2cc(-c3nn(C)c4ccsc34)ccn2)=CC1N. The molecule has 4 rings (SSSR count). The van der Waals surface area contributed by atoms with Gasteiger partial charge in [0.2, 0.25) is 0 Å². The Kier molecular flexibility index (Phi) is 6.34. The summed E-state index contributed by atoms with van der Waals surface area (Å²) < 4.78 is 8.81. The van der Waals surface area contributed by atoms with Gasteiger partial charge in [-0.1, -0.05) is 0 Å². The summed E-state index contributed by atoms with van der Waals surface area (Å²) in [5.41, 5.74) is 10.1. The van der Waals surface area contributed by atoms with Gasteiger partial charge in [0.1, 0.15) is 17.3 Å². The van der Waals surface area contributed by atoms with E-state index in [0.717, 1.165) is 41.2 Å². The molecule has 32 heavy (non-hydrogen) atoms. The average Bonchev–Trinajstić information content (AvgIpc) is 3.38. The number of anilines is 1. The quantitative estimate of drug-likeness (QED) is 0.483. The van der Waals surface area contributed by atoms with Crippen LogP contribution < -0.4 is 16.4 Å². The largest absolute Gasteiger partial charge is 0.495 e. The number of hydrogen-bond donors (Lipinski definition) is 3. The Hall–Kier alpha value is -2.72. The van der Waals surface area contributed by atoms with Crippen LogP contribution in [0.5, 0.6) is 0 Å². The van der Waals surface area contributed by atoms with Gasteiger partial charge in [0.15, 0.2) is 0 Å². The molecular formula is C23H31N7OS. The molecule has 4 N–H and O–H groups in total. The monoisotopic (exact) mass is 453 g/mol. The van der Waals surface area contributed by atoms with E-state index in [1.54, 1.807) is 24.6 Å². The van der Waals surface area contributed by atoms with Crippen LogP contribution in [0.25, 0.3) is 21.5 Å². The zero-order valence-electron chi connectivity index (χ0n) is 19.2. The normalized spacial score (nSPS) is 21.0. The average molecular weight is 454 g/mol. The summed E-state index contributed by atoms with van der Waals surface area (Å²) in [5, 5.41) is 13.6. The number of ether oxygens (including phenoxy) is 1. The Bertz CT molecular complexity index is 1160. The van der Waals surface area contributed by atoms with Gasteiger partial charge in [0.25, 0.3) is 0 Å². The first-order valence-electron chi connectivity index (χ1n) is 10.6. The van der Waals surface area contributed by atoms with Crippen LogP contribution in [0, 0.1) is 0 Å². The molecule has 1 aliphatic carbocycles. The molecule has 0 fully saturated rings. The summed E-state index contributed by atoms with van der Waals surface area (Å²) in [4.78, 5) is 6.67. The van der Waals surface area contributed by atoms with E-state index in [2.05, 4.69) is 52.1 Å². The van der Waals surface area contributed by atoms with Gasteiger partial charge >= 0.3 is 0 Å². The zero-order chi connectivity index (χ0) is 22.9. The number of nitrogens with zero attached hydrogens (tertiary/aromatic N) is 4. The molecule has 3 heterocycles. The number of nitrogens with two attached hydrogens (primary N) is 1. The highest BCUT2D eigenvalue weighted by atomic mass is 32.1. The first-order chi connectivity index (χ1) is 15.4. The van der Waals surface area contributed by atoms with E-state index < -0.39 is 0 Å². The third kappa shape index (κ3) is 4.16. The van der Waals surface area contributed by atoms with Crippen LogP contribution in [0.4, 0.5) is 5.82 Å². The van der Waals surface area contributed by atoms with Crippen molar-refractivity contribution in [2.45, 2.75) is 18.0 Å². The van der Waals surface area contributed by atoms with Gasteiger partial charge in [0, 0.05) is 24.8 Å². The van der Waals surface area contributed by atoms with E-state index in [1.807, 2.05) is 37.0 Å². The Balaban J connectivity index is 1.62. The summed E-state index contributed by atoms with van der Waals surface area (Å²) in [6.07, 6.45) is 6.75. The van der Waals surface area contributed by atoms with Gasteiger partial charge in [-0.3, -0.25) is 4.68 Å². The fourth-order valence-corrected chi connectivity index (χ4v) is 4.98. The van der Waals surface area contributed by atoms with Gasteiger partial charge in [-0.05, 0) is 69.8 Å². The maximum Gasteiger partial charge on any atom is 0.140 e. The minimum Gasteiger partial charge on any atom is -0.495 e. The molecule has 0 aliphatic heterocycles. The second-order valence-corrected chi connectivity index (χ2v) is 9.24. The Morgan fingerprint density at radius 1 is 1.34 bits per heavy atom. The predicted octanol–water partition coefficient (Wildman–Crippen LogP) is 2.77. The third-order valence-corrected chi connectivity index (χ3v) is 6.92. The molecule has 3 aromatic rings. The van der Waals surface area contributed by atoms with Gasteiger partial charge in [0.05, 0.1) is 28.6 Å². The lowest BCUT2D eigenvalue weighted by atomic mass is 9.82. The summed E-state index contributed by atoms with van der Waals surface area (Å²) >= 11 is 1.69. The number of aromatic nitrogens is 3. The number of hydrogen-bond acceptors (Lipinski definition) is 8. The lowest BCUT2D eigenvalue weighted by Crippen LogP contribution is -2.57. The summed E-state index contributed by atoms with van der Waals surface area (Å²) in [5.74, 6) is 1.45. The number of pyridine rings is 1. The van der Waals surface area contributed by atoms with E-state index in [1.165, 1.54) is 4.70 Å². The molecular weight excluding hydrogens is 422 g/mol. The number of nitrogens with one attached hydrogen (secondary N) is 2. The molecule has 1 aliphatic rings. The van der Waals surface area contributed by atoms with Crippen molar-refractivity contribution < 1.29 is 4.74 Å². The molecule has 0 saturated heterocycles. The Morgan fingerprint density at radius 3 is 2.88 bits per heavy atom. The molecule has 3 aromatic heterocycles. The minimum atomic E-state index is -0.380. The molecule has 0 amide bonds. The highest BCUT2D eigenvalue weighted by molar-refractivity contribution is 7.17. The van der Waals surface area contributed by atoms with Gasteiger partial charge in [-0.15, -0.1) is 11.3 Å². The molecule has 8 nitrogen and oxygen atoms in total. The topological polar surface area (TPSA) is 93.3 Å². The molecule has 0 radical (unpaired) electrons. The first kappa shape index (κ1) is 22.5. The van der Waals surface area contributed by atoms with Crippen molar-refractivity contribution in [3.8, 4) is 11.3 Å². The number of fused-ring (bicyclic) bond motifs is 1. The van der Waals surface area contributed by atoms with E-state index >= 15 is 0 Å². The van der Waals surface area contributed by atoms with Crippen molar-refractivity contribution in [3.05, 3.63) is 53.4 Å². The third-order valence-electron chi connectivity index (χ3n) is 6.01. The number of aryl methyl sites for hydroxylation is 1. The zero-order valence-corrected chi connectivity index (χ0v) is 20.0. The molecule has 0 spiro atoms. The van der Waals surface area contributed by atoms with Crippen molar-refractivity contribution in [2.24, 2.45) is 12.8 Å². The molecule has 2 atom stereocenters. The maximum absolute atomic E-state index is 6.62. The van der Waals surface area contributed by atoms with Crippen LogP contribution in [0.15, 0.2) is 53.4 Å². The molecule has 170 valence electrons. The van der Waals surface area contributed by atoms with E-state index in [4.69, 9.17) is 15.6 Å². The maximum atomic E-state index is 6.62. The summed E-state index contributed by atoms with van der Waals surface area (Å²) in [6, 6.07) is 5.85. The highest BCUT2D eigenvalue weighted by Crippen LogP contribution is 2.33. The number of likely N-dealkylation sites (N-methyl/N-ethyl adjacent to an activating group) is 1. The van der Waals surface area contributed by atoms with Crippen molar-refractivity contribution in [2.75, 3.05) is 40.1 Å². The molecule has 0 aromatic carbocycles. The molecule has 9 heteroatoms. The first-order valence-corrected chi connectivity index (χ1v) is 11.5. The predicted molar refractivity (Wildman–Crippen MR) is 132 cm³/mol. The van der Waals surface area contributed by atoms with Crippen LogP contribution in [0.1, 0.15) is 6.42 Å². The summed E-state index contributed by atoms with van der Waals surface area (Å²) in [6.45, 7) is 0.906. The van der Waals surface area contributed by atoms with Crippen molar-refractivity contribution in [1.29, 1.82) is 0 Å². The smallest absolute Gasteiger partial charge is 0.140 e. The van der Waals surface area contributed by atoms with Crippen LogP contribution in [0.2, 0.25) is 0 Å². The fraction of sp³-hybridized carbons (Fsp3) is 0.391. The van der Waals surface area contributed by atoms with Crippen LogP contribution in [-0.4, -0.2) is 66.0 Å². The highest BCUT2D eigenvalue weighted by Gasteiger charge is 2.37. The minimum absolute atomic E-state index is 0.224. The molecule has 0 bridgehead atoms. The standard InChI is InChI=1S/C23H31N7OS/c1-25-23(8-10-29(2)3)14-18(31-5)16(13-19(23)24)27-20-12-15(6-9-26-20)21-22-17(7-11-32-22)30(4)28-21/h6-7,9,11-14,19,25H,8,10,24H2,1-5H3,(H,26,27). The lowest BCUT2D eigenvalue weighted by Gasteiger charge is -2.39. The lowest BCUT2D eigenvalue weighted by molar-refractivity contribution is 0.260. The second-order valence-electron chi connectivity index (χ2n) is 8.32. The van der Waals surface area contributed by atoms with Gasteiger partial charge in [-0.25, -0.2) is 4.98 Å². The van der Waals surface area contributed by atoms with Gasteiger partial charge in [-0.2, -0.15) is 5.10 Å². The number of methoxy groups -OCH3 is 1. The Labute approximate surface area is 192 Å². The fourth-order valence-electron chi connectivity index (χ4n) is 4.06. The van der Waals surface area contributed by atoms with Crippen molar-refractivity contribution in [1.82, 2.24) is 25.0 Å². The van der Waals surface area contributed by atoms with Crippen LogP contribution in [0.3, 0.4) is 0 Å². The second kappa shape index (κ2) is 9.03. The Morgan fingerprint density at radius 2 is 2.16 bits per heavy atom. The van der Waals surface area contributed by atoms with Crippen molar-refractivity contribution >= 4 is 27.4 Å². The van der Waals surface area contributed by atoms with E-state index in [0.29, 0.717) is 5.82 Å². The van der Waals surface area contributed by atoms with Crippen molar-refractivity contribution in [3.63, 3.8) is 0 Å².